The first-order valence-corrected chi connectivity index (χ1v) is 3.38. The Balaban J connectivity index is 3.46. The predicted molar refractivity (Wildman–Crippen MR) is 39.6 cm³/mol. The first kappa shape index (κ1) is 10.4. The van der Waals surface area contributed by atoms with Gasteiger partial charge in [-0.05, 0) is 0 Å². The van der Waals surface area contributed by atoms with Crippen LogP contribution in [0.5, 0.6) is 0 Å². The predicted octanol–water partition coefficient (Wildman–Crippen LogP) is 0.719. The molecule has 5 nitrogen and oxygen atoms in total. The Kier molecular flexibility index (Phi) is 2.14. The van der Waals surface area contributed by atoms with Crippen molar-refractivity contribution in [3.63, 3.8) is 0 Å². The maximum absolute atomic E-state index is 12.3. The Morgan fingerprint density at radius 2 is 2.07 bits per heavy atom. The van der Waals surface area contributed by atoms with Crippen LogP contribution in [0.3, 0.4) is 0 Å². The van der Waals surface area contributed by atoms with Gasteiger partial charge in [0.2, 0.25) is 0 Å². The van der Waals surface area contributed by atoms with Crippen molar-refractivity contribution in [1.29, 1.82) is 0 Å². The van der Waals surface area contributed by atoms with Crippen molar-refractivity contribution in [2.24, 2.45) is 7.05 Å². The summed E-state index contributed by atoms with van der Waals surface area (Å²) in [7, 11) is 1.14. The first-order valence-electron chi connectivity index (χ1n) is 3.38. The molecule has 0 aromatic carbocycles. The minimum Gasteiger partial charge on any atom is -0.476 e. The number of halogens is 3. The van der Waals surface area contributed by atoms with E-state index >= 15 is 0 Å². The van der Waals surface area contributed by atoms with Gasteiger partial charge in [0.25, 0.3) is 0 Å². The van der Waals surface area contributed by atoms with Crippen LogP contribution in [0.2, 0.25) is 0 Å². The Morgan fingerprint density at radius 3 is 2.36 bits per heavy atom. The number of alkyl halides is 3. The highest BCUT2D eigenvalue weighted by Gasteiger charge is 2.41. The highest BCUT2D eigenvalue weighted by molar-refractivity contribution is 5.89. The number of aryl methyl sites for hydroxylation is 1. The quantitative estimate of drug-likeness (QED) is 0.713. The number of aromatic nitrogens is 2. The van der Waals surface area contributed by atoms with Gasteiger partial charge < -0.3 is 10.8 Å². The van der Waals surface area contributed by atoms with E-state index < -0.39 is 29.2 Å². The van der Waals surface area contributed by atoms with E-state index in [1.54, 1.807) is 0 Å². The summed E-state index contributed by atoms with van der Waals surface area (Å²) in [5, 5.41) is 11.6. The van der Waals surface area contributed by atoms with Crippen LogP contribution in [-0.4, -0.2) is 20.9 Å². The van der Waals surface area contributed by atoms with Gasteiger partial charge in [-0.1, -0.05) is 0 Å². The summed E-state index contributed by atoms with van der Waals surface area (Å²) in [5.41, 5.74) is 2.55. The summed E-state index contributed by atoms with van der Waals surface area (Å²) in [6.45, 7) is 0. The number of carboxylic acid groups (broad SMARTS) is 1. The van der Waals surface area contributed by atoms with Crippen LogP contribution in [0.15, 0.2) is 0 Å². The third-order valence-electron chi connectivity index (χ3n) is 1.58. The fourth-order valence-electron chi connectivity index (χ4n) is 0.966. The zero-order valence-electron chi connectivity index (χ0n) is 6.96. The Morgan fingerprint density at radius 1 is 1.57 bits per heavy atom. The second-order valence-corrected chi connectivity index (χ2v) is 2.54. The number of rotatable bonds is 1. The van der Waals surface area contributed by atoms with E-state index in [1.807, 2.05) is 0 Å². The van der Waals surface area contributed by atoms with Gasteiger partial charge in [-0.2, -0.15) is 18.3 Å². The molecule has 0 saturated carbocycles. The van der Waals surface area contributed by atoms with E-state index in [9.17, 15) is 18.0 Å². The lowest BCUT2D eigenvalue weighted by molar-refractivity contribution is -0.137. The maximum Gasteiger partial charge on any atom is 0.422 e. The Bertz CT molecular complexity index is 382. The molecule has 3 N–H and O–H groups in total. The molecule has 8 heteroatoms. The summed E-state index contributed by atoms with van der Waals surface area (Å²) in [6.07, 6.45) is -4.81. The summed E-state index contributed by atoms with van der Waals surface area (Å²) in [6, 6.07) is 0. The molecule has 1 heterocycles. The topological polar surface area (TPSA) is 81.1 Å². The maximum atomic E-state index is 12.3. The average molecular weight is 209 g/mol. The van der Waals surface area contributed by atoms with E-state index in [0.717, 1.165) is 7.05 Å². The summed E-state index contributed by atoms with van der Waals surface area (Å²) < 4.78 is 37.5. The lowest BCUT2D eigenvalue weighted by Crippen LogP contribution is -2.13. The zero-order valence-corrected chi connectivity index (χ0v) is 6.96. The number of nitrogens with two attached hydrogens (primary N) is 1. The molecule has 0 aliphatic heterocycles. The van der Waals surface area contributed by atoms with Crippen molar-refractivity contribution < 1.29 is 23.1 Å². The van der Waals surface area contributed by atoms with Gasteiger partial charge in [0.15, 0.2) is 5.69 Å². The number of nitrogens with zero attached hydrogens (tertiary/aromatic N) is 2. The highest BCUT2D eigenvalue weighted by Crippen LogP contribution is 2.35. The summed E-state index contributed by atoms with van der Waals surface area (Å²) >= 11 is 0. The lowest BCUT2D eigenvalue weighted by atomic mass is 10.2. The minimum absolute atomic E-state index is 0.673. The normalized spacial score (nSPS) is 11.7. The van der Waals surface area contributed by atoms with Crippen LogP contribution in [0.25, 0.3) is 0 Å². The van der Waals surface area contributed by atoms with Gasteiger partial charge in [0.05, 0.1) is 0 Å². The summed E-state index contributed by atoms with van der Waals surface area (Å²) in [5.74, 6) is -2.47. The number of aromatic carboxylic acids is 1. The fraction of sp³-hybridized carbons (Fsp3) is 0.333. The van der Waals surface area contributed by atoms with E-state index in [1.165, 1.54) is 0 Å². The molecule has 0 bridgehead atoms. The average Bonchev–Trinajstić information content (AvgIpc) is 2.27. The van der Waals surface area contributed by atoms with Crippen LogP contribution in [0, 0.1) is 0 Å². The Hall–Kier alpha value is -1.73. The van der Waals surface area contributed by atoms with Gasteiger partial charge in [0.1, 0.15) is 11.4 Å². The third-order valence-corrected chi connectivity index (χ3v) is 1.58. The number of hydrogen-bond donors (Lipinski definition) is 2. The molecule has 0 amide bonds. The molecule has 0 atom stereocenters. The molecule has 0 fully saturated rings. The molecule has 0 unspecified atom stereocenters. The van der Waals surface area contributed by atoms with Gasteiger partial charge in [-0.25, -0.2) is 4.79 Å². The number of hydrogen-bond acceptors (Lipinski definition) is 3. The second-order valence-electron chi connectivity index (χ2n) is 2.54. The van der Waals surface area contributed by atoms with Crippen molar-refractivity contribution in [3.8, 4) is 0 Å². The molecular formula is C6H6F3N3O2. The zero-order chi connectivity index (χ0) is 11.1. The van der Waals surface area contributed by atoms with Gasteiger partial charge in [0, 0.05) is 7.05 Å². The smallest absolute Gasteiger partial charge is 0.422 e. The standard InChI is InChI=1S/C6H6F3N3O2/c1-12-4(10)2(6(7,8)9)3(11-12)5(13)14/h10H2,1H3,(H,13,14). The first-order chi connectivity index (χ1) is 6.25. The van der Waals surface area contributed by atoms with Crippen LogP contribution in [0.1, 0.15) is 16.1 Å². The second kappa shape index (κ2) is 2.89. The molecule has 0 aliphatic carbocycles. The van der Waals surface area contributed by atoms with Crippen LogP contribution < -0.4 is 5.73 Å². The molecule has 1 aromatic heterocycles. The molecule has 14 heavy (non-hydrogen) atoms. The molecule has 78 valence electrons. The Labute approximate surface area is 75.9 Å². The third kappa shape index (κ3) is 1.50. The minimum atomic E-state index is -4.81. The number of nitrogen functional groups attached to an aromatic ring is 1. The van der Waals surface area contributed by atoms with Gasteiger partial charge >= 0.3 is 12.1 Å². The van der Waals surface area contributed by atoms with E-state index in [0.29, 0.717) is 4.68 Å². The van der Waals surface area contributed by atoms with Gasteiger partial charge in [-0.3, -0.25) is 4.68 Å². The number of anilines is 1. The van der Waals surface area contributed by atoms with Gasteiger partial charge in [-0.15, -0.1) is 0 Å². The lowest BCUT2D eigenvalue weighted by Gasteiger charge is -2.05. The molecule has 0 radical (unpaired) electrons. The van der Waals surface area contributed by atoms with Crippen molar-refractivity contribution in [1.82, 2.24) is 9.78 Å². The van der Waals surface area contributed by atoms with Crippen LogP contribution in [-0.2, 0) is 13.2 Å². The van der Waals surface area contributed by atoms with Crippen molar-refractivity contribution in [2.75, 3.05) is 5.73 Å². The molecule has 0 saturated heterocycles. The molecule has 1 rings (SSSR count). The number of carboxylic acids is 1. The van der Waals surface area contributed by atoms with Crippen molar-refractivity contribution >= 4 is 11.8 Å². The van der Waals surface area contributed by atoms with Crippen molar-refractivity contribution in [2.45, 2.75) is 6.18 Å². The highest BCUT2D eigenvalue weighted by atomic mass is 19.4. The molecular weight excluding hydrogens is 203 g/mol. The monoisotopic (exact) mass is 209 g/mol. The molecule has 1 aromatic rings. The summed E-state index contributed by atoms with van der Waals surface area (Å²) in [4.78, 5) is 10.4. The molecule has 0 spiro atoms. The number of carbonyl (C=O) groups is 1. The van der Waals surface area contributed by atoms with Crippen LogP contribution >= 0.6 is 0 Å². The SMILES string of the molecule is Cn1nc(C(=O)O)c(C(F)(F)F)c1N. The molecule has 0 aliphatic rings. The fourth-order valence-corrected chi connectivity index (χ4v) is 0.966. The van der Waals surface area contributed by atoms with E-state index in [-0.39, 0.29) is 0 Å². The van der Waals surface area contributed by atoms with Crippen molar-refractivity contribution in [3.05, 3.63) is 11.3 Å². The largest absolute Gasteiger partial charge is 0.476 e. The van der Waals surface area contributed by atoms with E-state index in [4.69, 9.17) is 10.8 Å². The van der Waals surface area contributed by atoms with E-state index in [2.05, 4.69) is 5.10 Å². The van der Waals surface area contributed by atoms with Crippen LogP contribution in [0.4, 0.5) is 19.0 Å².